The Labute approximate surface area is 166 Å². The number of halogens is 1. The number of likely N-dealkylation sites (tertiary alicyclic amines) is 1. The Hall–Kier alpha value is -1.96. The van der Waals surface area contributed by atoms with Gasteiger partial charge in [-0.2, -0.15) is 0 Å². The average molecular weight is 431 g/mol. The van der Waals surface area contributed by atoms with Gasteiger partial charge in [0.25, 0.3) is 0 Å². The molecule has 0 amide bonds. The van der Waals surface area contributed by atoms with Gasteiger partial charge in [0.1, 0.15) is 23.7 Å². The number of nitrogens with one attached hydrogen (secondary N) is 1. The molecule has 0 bridgehead atoms. The number of ether oxygens (including phenoxy) is 1. The van der Waals surface area contributed by atoms with E-state index in [1.807, 2.05) is 30.3 Å². The number of fused-ring (bicyclic) bond motifs is 1. The fourth-order valence-electron chi connectivity index (χ4n) is 3.40. The predicted molar refractivity (Wildman–Crippen MR) is 109 cm³/mol. The minimum atomic E-state index is 0.315. The molecule has 6 nitrogen and oxygen atoms in total. The second-order valence-electron chi connectivity index (χ2n) is 6.95. The average Bonchev–Trinajstić information content (AvgIpc) is 3.12. The molecular weight excluding hydrogens is 408 g/mol. The van der Waals surface area contributed by atoms with Gasteiger partial charge in [0.15, 0.2) is 5.65 Å². The van der Waals surface area contributed by atoms with E-state index in [1.54, 1.807) is 6.20 Å². The molecule has 1 aromatic carbocycles. The second kappa shape index (κ2) is 8.37. The van der Waals surface area contributed by atoms with E-state index in [0.717, 1.165) is 65.2 Å². The fourth-order valence-corrected chi connectivity index (χ4v) is 3.72. The zero-order chi connectivity index (χ0) is 18.6. The van der Waals surface area contributed by atoms with Crippen LogP contribution in [0.3, 0.4) is 0 Å². The SMILES string of the molecule is OCC1CCN(CCOc2ccc(-c3nc4cc(Br)cnc4[nH]3)cc2)CC1. The highest BCUT2D eigenvalue weighted by atomic mass is 79.9. The van der Waals surface area contributed by atoms with Gasteiger partial charge in [0.2, 0.25) is 0 Å². The van der Waals surface area contributed by atoms with Crippen molar-refractivity contribution in [2.45, 2.75) is 12.8 Å². The number of imidazole rings is 1. The van der Waals surface area contributed by atoms with Crippen molar-refractivity contribution in [2.75, 3.05) is 32.8 Å². The van der Waals surface area contributed by atoms with Crippen LogP contribution in [0.2, 0.25) is 0 Å². The van der Waals surface area contributed by atoms with Crippen LogP contribution < -0.4 is 4.74 Å². The quantitative estimate of drug-likeness (QED) is 0.625. The van der Waals surface area contributed by atoms with Crippen molar-refractivity contribution in [3.63, 3.8) is 0 Å². The van der Waals surface area contributed by atoms with Gasteiger partial charge < -0.3 is 14.8 Å². The topological polar surface area (TPSA) is 74.3 Å². The smallest absolute Gasteiger partial charge is 0.157 e. The minimum absolute atomic E-state index is 0.315. The fraction of sp³-hybridized carbons (Fsp3) is 0.400. The minimum Gasteiger partial charge on any atom is -0.492 e. The Morgan fingerprint density at radius 3 is 2.74 bits per heavy atom. The summed E-state index contributed by atoms with van der Waals surface area (Å²) in [7, 11) is 0. The molecule has 0 atom stereocenters. The number of hydrogen-bond donors (Lipinski definition) is 2. The van der Waals surface area contributed by atoms with E-state index >= 15 is 0 Å². The first-order valence-electron chi connectivity index (χ1n) is 9.29. The van der Waals surface area contributed by atoms with Crippen LogP contribution in [0.25, 0.3) is 22.6 Å². The van der Waals surface area contributed by atoms with E-state index in [4.69, 9.17) is 4.74 Å². The summed E-state index contributed by atoms with van der Waals surface area (Å²) < 4.78 is 6.80. The number of H-pyrrole nitrogens is 1. The van der Waals surface area contributed by atoms with Crippen LogP contribution in [-0.2, 0) is 0 Å². The third-order valence-electron chi connectivity index (χ3n) is 5.07. The molecule has 27 heavy (non-hydrogen) atoms. The highest BCUT2D eigenvalue weighted by Gasteiger charge is 2.18. The molecular formula is C20H23BrN4O2. The molecule has 0 aliphatic carbocycles. The van der Waals surface area contributed by atoms with Crippen LogP contribution in [-0.4, -0.2) is 57.8 Å². The van der Waals surface area contributed by atoms with Crippen LogP contribution in [0.15, 0.2) is 41.0 Å². The molecule has 1 aliphatic rings. The maximum Gasteiger partial charge on any atom is 0.157 e. The normalized spacial score (nSPS) is 16.1. The first-order valence-corrected chi connectivity index (χ1v) is 10.1. The lowest BCUT2D eigenvalue weighted by Crippen LogP contribution is -2.37. The van der Waals surface area contributed by atoms with Crippen LogP contribution in [0.1, 0.15) is 12.8 Å². The molecule has 2 N–H and O–H groups in total. The molecule has 0 saturated carbocycles. The van der Waals surface area contributed by atoms with Gasteiger partial charge in [-0.25, -0.2) is 9.97 Å². The lowest BCUT2D eigenvalue weighted by molar-refractivity contribution is 0.119. The number of piperidine rings is 1. The lowest BCUT2D eigenvalue weighted by Gasteiger charge is -2.30. The van der Waals surface area contributed by atoms with Gasteiger partial charge in [-0.05, 0) is 78.1 Å². The van der Waals surface area contributed by atoms with Gasteiger partial charge in [0.05, 0.1) is 0 Å². The second-order valence-corrected chi connectivity index (χ2v) is 7.86. The highest BCUT2D eigenvalue weighted by molar-refractivity contribution is 9.10. The number of hydrogen-bond acceptors (Lipinski definition) is 5. The largest absolute Gasteiger partial charge is 0.492 e. The van der Waals surface area contributed by atoms with Crippen molar-refractivity contribution in [3.8, 4) is 17.1 Å². The van der Waals surface area contributed by atoms with Crippen LogP contribution in [0.5, 0.6) is 5.75 Å². The van der Waals surface area contributed by atoms with Crippen LogP contribution in [0, 0.1) is 5.92 Å². The van der Waals surface area contributed by atoms with Crippen molar-refractivity contribution in [3.05, 3.63) is 41.0 Å². The number of aromatic nitrogens is 3. The molecule has 2 aromatic heterocycles. The number of aliphatic hydroxyl groups is 1. The van der Waals surface area contributed by atoms with E-state index in [0.29, 0.717) is 19.1 Å². The summed E-state index contributed by atoms with van der Waals surface area (Å²) in [4.78, 5) is 14.6. The van der Waals surface area contributed by atoms with Gasteiger partial charge in [0, 0.05) is 29.4 Å². The predicted octanol–water partition coefficient (Wildman–Crippen LogP) is 3.47. The first kappa shape index (κ1) is 18.4. The summed E-state index contributed by atoms with van der Waals surface area (Å²) in [5, 5.41) is 9.20. The summed E-state index contributed by atoms with van der Waals surface area (Å²) in [5.74, 6) is 2.14. The molecule has 142 valence electrons. The third-order valence-corrected chi connectivity index (χ3v) is 5.51. The summed E-state index contributed by atoms with van der Waals surface area (Å²) in [6.45, 7) is 4.00. The molecule has 3 heterocycles. The van der Waals surface area contributed by atoms with Crippen molar-refractivity contribution in [1.82, 2.24) is 19.9 Å². The maximum atomic E-state index is 9.20. The molecule has 3 aromatic rings. The van der Waals surface area contributed by atoms with E-state index < -0.39 is 0 Å². The van der Waals surface area contributed by atoms with Crippen molar-refractivity contribution >= 4 is 27.1 Å². The Morgan fingerprint density at radius 2 is 2.00 bits per heavy atom. The maximum absolute atomic E-state index is 9.20. The molecule has 1 fully saturated rings. The number of aromatic amines is 1. The summed E-state index contributed by atoms with van der Waals surface area (Å²) in [5.41, 5.74) is 2.62. The van der Waals surface area contributed by atoms with Crippen LogP contribution in [0.4, 0.5) is 0 Å². The number of pyridine rings is 1. The molecule has 0 unspecified atom stereocenters. The number of rotatable bonds is 6. The van der Waals surface area contributed by atoms with Gasteiger partial charge >= 0.3 is 0 Å². The highest BCUT2D eigenvalue weighted by Crippen LogP contribution is 2.23. The molecule has 1 saturated heterocycles. The van der Waals surface area contributed by atoms with Gasteiger partial charge in [-0.15, -0.1) is 0 Å². The summed E-state index contributed by atoms with van der Waals surface area (Å²) in [6, 6.07) is 9.92. The third kappa shape index (κ3) is 4.48. The molecule has 1 aliphatic heterocycles. The van der Waals surface area contributed by atoms with Crippen molar-refractivity contribution in [2.24, 2.45) is 5.92 Å². The summed E-state index contributed by atoms with van der Waals surface area (Å²) in [6.07, 6.45) is 3.91. The Balaban J connectivity index is 1.32. The Morgan fingerprint density at radius 1 is 1.22 bits per heavy atom. The van der Waals surface area contributed by atoms with Crippen LogP contribution >= 0.6 is 15.9 Å². The summed E-state index contributed by atoms with van der Waals surface area (Å²) >= 11 is 3.42. The monoisotopic (exact) mass is 430 g/mol. The Kier molecular flexibility index (Phi) is 5.71. The van der Waals surface area contributed by atoms with E-state index in [9.17, 15) is 5.11 Å². The molecule has 7 heteroatoms. The van der Waals surface area contributed by atoms with Gasteiger partial charge in [-0.3, -0.25) is 4.90 Å². The van der Waals surface area contributed by atoms with E-state index in [1.165, 1.54) is 0 Å². The Bertz CT molecular complexity index is 889. The number of aliphatic hydroxyl groups excluding tert-OH is 1. The standard InChI is InChI=1S/C20H23BrN4O2/c21-16-11-18-20(22-12-16)24-19(23-18)15-1-3-17(4-2-15)27-10-9-25-7-5-14(13-26)6-8-25/h1-4,11-12,14,26H,5-10,13H2,(H,22,23,24). The van der Waals surface area contributed by atoms with Crippen molar-refractivity contribution in [1.29, 1.82) is 0 Å². The first-order chi connectivity index (χ1) is 13.2. The number of benzene rings is 1. The zero-order valence-electron chi connectivity index (χ0n) is 15.1. The van der Waals surface area contributed by atoms with Gasteiger partial charge in [-0.1, -0.05) is 0 Å². The molecule has 0 radical (unpaired) electrons. The van der Waals surface area contributed by atoms with E-state index in [2.05, 4.69) is 35.8 Å². The molecule has 4 rings (SSSR count). The van der Waals surface area contributed by atoms with Crippen molar-refractivity contribution < 1.29 is 9.84 Å². The molecule has 0 spiro atoms. The number of nitrogens with zero attached hydrogens (tertiary/aromatic N) is 3. The zero-order valence-corrected chi connectivity index (χ0v) is 16.7. The van der Waals surface area contributed by atoms with E-state index in [-0.39, 0.29) is 0 Å². The lowest BCUT2D eigenvalue weighted by atomic mass is 9.98.